The standard InChI is InChI=1S/C14H13N3O/c1-4-11-6-5-7-12(8-11)16-14(18)13-9-15-17(3)10(13)2/h1,5-9H,2-3H3,(H,16,18). The van der Waals surface area contributed by atoms with E-state index in [1.54, 1.807) is 36.1 Å². The van der Waals surface area contributed by atoms with Crippen molar-refractivity contribution >= 4 is 11.6 Å². The van der Waals surface area contributed by atoms with E-state index in [4.69, 9.17) is 6.42 Å². The van der Waals surface area contributed by atoms with Crippen molar-refractivity contribution in [2.24, 2.45) is 7.05 Å². The minimum Gasteiger partial charge on any atom is -0.322 e. The van der Waals surface area contributed by atoms with Gasteiger partial charge >= 0.3 is 0 Å². The smallest absolute Gasteiger partial charge is 0.259 e. The molecular weight excluding hydrogens is 226 g/mol. The Kier molecular flexibility index (Phi) is 3.16. The number of nitrogens with one attached hydrogen (secondary N) is 1. The van der Waals surface area contributed by atoms with Crippen LogP contribution in [0.5, 0.6) is 0 Å². The largest absolute Gasteiger partial charge is 0.322 e. The highest BCUT2D eigenvalue weighted by atomic mass is 16.1. The Morgan fingerprint density at radius 1 is 1.50 bits per heavy atom. The third kappa shape index (κ3) is 2.25. The molecule has 18 heavy (non-hydrogen) atoms. The summed E-state index contributed by atoms with van der Waals surface area (Å²) in [6.07, 6.45) is 6.86. The summed E-state index contributed by atoms with van der Waals surface area (Å²) in [6.45, 7) is 1.85. The Balaban J connectivity index is 2.22. The van der Waals surface area contributed by atoms with E-state index in [0.717, 1.165) is 11.3 Å². The zero-order chi connectivity index (χ0) is 13.1. The Morgan fingerprint density at radius 3 is 2.89 bits per heavy atom. The first-order valence-electron chi connectivity index (χ1n) is 5.48. The predicted octanol–water partition coefficient (Wildman–Crippen LogP) is 1.96. The summed E-state index contributed by atoms with van der Waals surface area (Å²) < 4.78 is 1.66. The van der Waals surface area contributed by atoms with E-state index in [1.807, 2.05) is 13.0 Å². The average Bonchev–Trinajstić information content (AvgIpc) is 2.70. The minimum atomic E-state index is -0.185. The van der Waals surface area contributed by atoms with Crippen LogP contribution in [-0.4, -0.2) is 15.7 Å². The van der Waals surface area contributed by atoms with Gasteiger partial charge in [0.1, 0.15) is 0 Å². The van der Waals surface area contributed by atoms with Crippen molar-refractivity contribution in [2.45, 2.75) is 6.92 Å². The summed E-state index contributed by atoms with van der Waals surface area (Å²) >= 11 is 0. The van der Waals surface area contributed by atoms with Crippen molar-refractivity contribution in [3.63, 3.8) is 0 Å². The van der Waals surface area contributed by atoms with Gasteiger partial charge < -0.3 is 5.32 Å². The summed E-state index contributed by atoms with van der Waals surface area (Å²) in [5.41, 5.74) is 2.79. The van der Waals surface area contributed by atoms with Gasteiger partial charge in [0.15, 0.2) is 0 Å². The average molecular weight is 239 g/mol. The number of hydrogen-bond donors (Lipinski definition) is 1. The number of benzene rings is 1. The fraction of sp³-hybridized carbons (Fsp3) is 0.143. The summed E-state index contributed by atoms with van der Waals surface area (Å²) in [6, 6.07) is 7.17. The first-order valence-corrected chi connectivity index (χ1v) is 5.48. The van der Waals surface area contributed by atoms with E-state index < -0.39 is 0 Å². The molecule has 0 aliphatic heterocycles. The topological polar surface area (TPSA) is 46.9 Å². The van der Waals surface area contributed by atoms with Crippen LogP contribution >= 0.6 is 0 Å². The molecule has 0 spiro atoms. The molecular formula is C14H13N3O. The molecule has 1 aromatic carbocycles. The number of terminal acetylenes is 1. The van der Waals surface area contributed by atoms with Gasteiger partial charge in [0.25, 0.3) is 5.91 Å². The Labute approximate surface area is 106 Å². The molecule has 0 radical (unpaired) electrons. The Hall–Kier alpha value is -2.54. The van der Waals surface area contributed by atoms with E-state index in [0.29, 0.717) is 11.3 Å². The number of rotatable bonds is 2. The molecule has 0 aliphatic rings. The lowest BCUT2D eigenvalue weighted by Gasteiger charge is -2.05. The van der Waals surface area contributed by atoms with Crippen molar-refractivity contribution in [1.29, 1.82) is 0 Å². The van der Waals surface area contributed by atoms with Gasteiger partial charge in [-0.1, -0.05) is 12.0 Å². The highest BCUT2D eigenvalue weighted by Crippen LogP contribution is 2.13. The number of aromatic nitrogens is 2. The van der Waals surface area contributed by atoms with E-state index in [1.165, 1.54) is 0 Å². The van der Waals surface area contributed by atoms with E-state index in [9.17, 15) is 4.79 Å². The van der Waals surface area contributed by atoms with Crippen LogP contribution in [0, 0.1) is 19.3 Å². The first-order chi connectivity index (χ1) is 8.61. The molecule has 1 heterocycles. The molecule has 4 heteroatoms. The van der Waals surface area contributed by atoms with Gasteiger partial charge in [-0.3, -0.25) is 9.48 Å². The van der Waals surface area contributed by atoms with Crippen LogP contribution in [0.15, 0.2) is 30.5 Å². The van der Waals surface area contributed by atoms with Gasteiger partial charge in [0, 0.05) is 24.0 Å². The Bertz CT molecular complexity index is 635. The summed E-state index contributed by atoms with van der Waals surface area (Å²) in [5, 5.41) is 6.84. The summed E-state index contributed by atoms with van der Waals surface area (Å²) in [7, 11) is 1.80. The van der Waals surface area contributed by atoms with E-state index in [2.05, 4.69) is 16.3 Å². The quantitative estimate of drug-likeness (QED) is 0.814. The van der Waals surface area contributed by atoms with Crippen molar-refractivity contribution < 1.29 is 4.79 Å². The highest BCUT2D eigenvalue weighted by molar-refractivity contribution is 6.04. The van der Waals surface area contributed by atoms with Gasteiger partial charge in [-0.15, -0.1) is 6.42 Å². The molecule has 0 fully saturated rings. The molecule has 0 saturated heterocycles. The third-order valence-corrected chi connectivity index (χ3v) is 2.77. The van der Waals surface area contributed by atoms with E-state index in [-0.39, 0.29) is 5.91 Å². The Morgan fingerprint density at radius 2 is 2.28 bits per heavy atom. The van der Waals surface area contributed by atoms with Crippen molar-refractivity contribution in [3.05, 3.63) is 47.3 Å². The third-order valence-electron chi connectivity index (χ3n) is 2.77. The molecule has 4 nitrogen and oxygen atoms in total. The lowest BCUT2D eigenvalue weighted by Crippen LogP contribution is -2.13. The van der Waals surface area contributed by atoms with Crippen molar-refractivity contribution in [3.8, 4) is 12.3 Å². The molecule has 1 amide bonds. The van der Waals surface area contributed by atoms with Crippen LogP contribution < -0.4 is 5.32 Å². The molecule has 2 rings (SSSR count). The maximum Gasteiger partial charge on any atom is 0.259 e. The number of nitrogens with zero attached hydrogens (tertiary/aromatic N) is 2. The van der Waals surface area contributed by atoms with Gasteiger partial charge in [-0.25, -0.2) is 0 Å². The van der Waals surface area contributed by atoms with Crippen molar-refractivity contribution in [1.82, 2.24) is 9.78 Å². The van der Waals surface area contributed by atoms with Gasteiger partial charge in [0.05, 0.1) is 11.8 Å². The fourth-order valence-corrected chi connectivity index (χ4v) is 1.61. The number of aryl methyl sites for hydroxylation is 1. The van der Waals surface area contributed by atoms with Crippen molar-refractivity contribution in [2.75, 3.05) is 5.32 Å². The second-order valence-electron chi connectivity index (χ2n) is 3.95. The molecule has 0 unspecified atom stereocenters. The summed E-state index contributed by atoms with van der Waals surface area (Å²) in [5.74, 6) is 2.34. The monoisotopic (exact) mass is 239 g/mol. The molecule has 0 saturated carbocycles. The number of anilines is 1. The molecule has 0 aliphatic carbocycles. The zero-order valence-electron chi connectivity index (χ0n) is 10.3. The first kappa shape index (κ1) is 11.9. The SMILES string of the molecule is C#Cc1cccc(NC(=O)c2cnn(C)c2C)c1. The minimum absolute atomic E-state index is 0.185. The second kappa shape index (κ2) is 4.76. The van der Waals surface area contributed by atoms with E-state index >= 15 is 0 Å². The summed E-state index contributed by atoms with van der Waals surface area (Å²) in [4.78, 5) is 12.0. The van der Waals surface area contributed by atoms with Crippen LogP contribution in [0.2, 0.25) is 0 Å². The second-order valence-corrected chi connectivity index (χ2v) is 3.95. The predicted molar refractivity (Wildman–Crippen MR) is 70.3 cm³/mol. The molecule has 0 atom stereocenters. The fourth-order valence-electron chi connectivity index (χ4n) is 1.61. The van der Waals surface area contributed by atoms with Gasteiger partial charge in [-0.2, -0.15) is 5.10 Å². The van der Waals surface area contributed by atoms with Crippen LogP contribution in [0.1, 0.15) is 21.6 Å². The molecule has 90 valence electrons. The van der Waals surface area contributed by atoms with Crippen LogP contribution in [-0.2, 0) is 7.05 Å². The van der Waals surface area contributed by atoms with Crippen LogP contribution in [0.3, 0.4) is 0 Å². The highest BCUT2D eigenvalue weighted by Gasteiger charge is 2.12. The molecule has 1 aromatic heterocycles. The zero-order valence-corrected chi connectivity index (χ0v) is 10.3. The normalized spacial score (nSPS) is 9.83. The number of hydrogen-bond acceptors (Lipinski definition) is 2. The lowest BCUT2D eigenvalue weighted by atomic mass is 10.2. The maximum absolute atomic E-state index is 12.0. The molecule has 0 bridgehead atoms. The maximum atomic E-state index is 12.0. The lowest BCUT2D eigenvalue weighted by molar-refractivity contribution is 0.102. The van der Waals surface area contributed by atoms with Gasteiger partial charge in [0.2, 0.25) is 0 Å². The van der Waals surface area contributed by atoms with Gasteiger partial charge in [-0.05, 0) is 25.1 Å². The molecule has 2 aromatic rings. The molecule has 1 N–H and O–H groups in total. The van der Waals surface area contributed by atoms with Crippen LogP contribution in [0.4, 0.5) is 5.69 Å². The number of amides is 1. The number of carbonyl (C=O) groups is 1. The van der Waals surface area contributed by atoms with Crippen LogP contribution in [0.25, 0.3) is 0 Å². The number of carbonyl (C=O) groups excluding carboxylic acids is 1.